The van der Waals surface area contributed by atoms with Gasteiger partial charge < -0.3 is 5.32 Å². The van der Waals surface area contributed by atoms with Gasteiger partial charge >= 0.3 is 0 Å². The molecule has 1 amide bonds. The van der Waals surface area contributed by atoms with Gasteiger partial charge in [0.15, 0.2) is 0 Å². The zero-order chi connectivity index (χ0) is 18.5. The third-order valence-corrected chi connectivity index (χ3v) is 5.40. The quantitative estimate of drug-likeness (QED) is 0.472. The molecule has 5 heteroatoms. The van der Waals surface area contributed by atoms with Crippen LogP contribution in [0.1, 0.15) is 21.5 Å². The summed E-state index contributed by atoms with van der Waals surface area (Å²) in [6.45, 7) is 2.07. The molecule has 3 rings (SSSR count). The minimum atomic E-state index is -0.473. The zero-order valence-corrected chi connectivity index (χ0v) is 16.5. The summed E-state index contributed by atoms with van der Waals surface area (Å²) >= 11 is 4.94. The molecule has 0 aliphatic carbocycles. The Morgan fingerprint density at radius 1 is 1.04 bits per heavy atom. The molecule has 1 N–H and O–H groups in total. The van der Waals surface area contributed by atoms with Crippen LogP contribution in [0.5, 0.6) is 0 Å². The predicted molar refractivity (Wildman–Crippen MR) is 109 cm³/mol. The van der Waals surface area contributed by atoms with Crippen molar-refractivity contribution in [2.75, 3.05) is 5.32 Å². The van der Waals surface area contributed by atoms with Crippen molar-refractivity contribution < 1.29 is 9.18 Å². The largest absolute Gasteiger partial charge is 0.319 e. The van der Waals surface area contributed by atoms with Crippen LogP contribution in [-0.2, 0) is 5.75 Å². The molecule has 0 aliphatic heterocycles. The fraction of sp³-hybridized carbons (Fsp3) is 0.0952. The van der Waals surface area contributed by atoms with Crippen molar-refractivity contribution in [1.82, 2.24) is 0 Å². The van der Waals surface area contributed by atoms with Crippen molar-refractivity contribution in [3.8, 4) is 0 Å². The molecule has 0 aliphatic rings. The lowest BCUT2D eigenvalue weighted by atomic mass is 10.1. The van der Waals surface area contributed by atoms with E-state index in [9.17, 15) is 9.18 Å². The maximum Gasteiger partial charge on any atom is 0.255 e. The lowest BCUT2D eigenvalue weighted by Gasteiger charge is -2.08. The highest BCUT2D eigenvalue weighted by Gasteiger charge is 2.10. The summed E-state index contributed by atoms with van der Waals surface area (Å²) in [6.07, 6.45) is 0. The molecule has 0 radical (unpaired) electrons. The number of nitrogens with one attached hydrogen (secondary N) is 1. The Kier molecular flexibility index (Phi) is 6.12. The highest BCUT2D eigenvalue weighted by atomic mass is 79.9. The lowest BCUT2D eigenvalue weighted by molar-refractivity contribution is 0.102. The van der Waals surface area contributed by atoms with Crippen LogP contribution in [0.15, 0.2) is 76.1 Å². The van der Waals surface area contributed by atoms with Gasteiger partial charge in [-0.25, -0.2) is 4.39 Å². The minimum Gasteiger partial charge on any atom is -0.319 e. The van der Waals surface area contributed by atoms with Gasteiger partial charge in [-0.3, -0.25) is 4.79 Å². The average Bonchev–Trinajstić information content (AvgIpc) is 2.64. The molecule has 0 spiro atoms. The standard InChI is InChI=1S/C21H17BrFNOS/c1-14-2-9-18(10-3-14)26-13-15-4-6-16(7-5-15)21(25)24-20-11-8-17(22)12-19(20)23/h2-12H,13H2,1H3,(H,24,25). The molecular weight excluding hydrogens is 413 g/mol. The van der Waals surface area contributed by atoms with Crippen LogP contribution in [-0.4, -0.2) is 5.91 Å². The number of thioether (sulfide) groups is 1. The molecule has 0 bridgehead atoms. The first-order chi connectivity index (χ1) is 12.5. The second-order valence-corrected chi connectivity index (χ2v) is 7.84. The first-order valence-electron chi connectivity index (χ1n) is 8.06. The third kappa shape index (κ3) is 4.96. The van der Waals surface area contributed by atoms with Crippen molar-refractivity contribution >= 4 is 39.3 Å². The number of carbonyl (C=O) groups is 1. The summed E-state index contributed by atoms with van der Waals surface area (Å²) in [5, 5.41) is 2.60. The molecule has 0 saturated carbocycles. The number of amides is 1. The number of halogens is 2. The van der Waals surface area contributed by atoms with Gasteiger partial charge in [-0.05, 0) is 55.0 Å². The van der Waals surface area contributed by atoms with Crippen molar-refractivity contribution in [2.45, 2.75) is 17.6 Å². The van der Waals surface area contributed by atoms with E-state index in [1.54, 1.807) is 30.0 Å². The van der Waals surface area contributed by atoms with Gasteiger partial charge in [0.1, 0.15) is 5.82 Å². The van der Waals surface area contributed by atoms with Gasteiger partial charge in [0.25, 0.3) is 5.91 Å². The van der Waals surface area contributed by atoms with Crippen LogP contribution < -0.4 is 5.32 Å². The lowest BCUT2D eigenvalue weighted by Crippen LogP contribution is -2.12. The van der Waals surface area contributed by atoms with Gasteiger partial charge in [0.2, 0.25) is 0 Å². The van der Waals surface area contributed by atoms with Gasteiger partial charge in [-0.1, -0.05) is 45.8 Å². The van der Waals surface area contributed by atoms with Crippen LogP contribution in [0.2, 0.25) is 0 Å². The second-order valence-electron chi connectivity index (χ2n) is 5.88. The number of benzene rings is 3. The SMILES string of the molecule is Cc1ccc(SCc2ccc(C(=O)Nc3ccc(Br)cc3F)cc2)cc1. The van der Waals surface area contributed by atoms with E-state index >= 15 is 0 Å². The number of anilines is 1. The van der Waals surface area contributed by atoms with E-state index < -0.39 is 5.82 Å². The average molecular weight is 430 g/mol. The fourth-order valence-corrected chi connectivity index (χ4v) is 3.53. The van der Waals surface area contributed by atoms with Crippen LogP contribution in [0.3, 0.4) is 0 Å². The van der Waals surface area contributed by atoms with E-state index in [1.807, 2.05) is 12.1 Å². The van der Waals surface area contributed by atoms with Crippen LogP contribution >= 0.6 is 27.7 Å². The second kappa shape index (κ2) is 8.52. The molecule has 132 valence electrons. The Morgan fingerprint density at radius 3 is 2.38 bits per heavy atom. The molecule has 0 heterocycles. The predicted octanol–water partition coefficient (Wildman–Crippen LogP) is 6.44. The fourth-order valence-electron chi connectivity index (χ4n) is 2.34. The summed E-state index contributed by atoms with van der Waals surface area (Å²) in [4.78, 5) is 13.5. The van der Waals surface area contributed by atoms with Crippen molar-refractivity contribution in [1.29, 1.82) is 0 Å². The Hall–Kier alpha value is -2.11. The smallest absolute Gasteiger partial charge is 0.255 e. The summed E-state index contributed by atoms with van der Waals surface area (Å²) in [6, 6.07) is 20.3. The van der Waals surface area contributed by atoms with E-state index in [0.717, 1.165) is 11.3 Å². The maximum absolute atomic E-state index is 13.8. The van der Waals surface area contributed by atoms with Crippen molar-refractivity contribution in [3.05, 3.63) is 93.7 Å². The minimum absolute atomic E-state index is 0.164. The molecule has 0 unspecified atom stereocenters. The van der Waals surface area contributed by atoms with Crippen LogP contribution in [0.4, 0.5) is 10.1 Å². The highest BCUT2D eigenvalue weighted by Crippen LogP contribution is 2.24. The van der Waals surface area contributed by atoms with Gasteiger partial charge in [-0.2, -0.15) is 0 Å². The summed E-state index contributed by atoms with van der Waals surface area (Å²) in [5.41, 5.74) is 3.03. The van der Waals surface area contributed by atoms with Gasteiger partial charge in [-0.15, -0.1) is 11.8 Å². The van der Waals surface area contributed by atoms with Gasteiger partial charge in [0, 0.05) is 20.7 Å². The Balaban J connectivity index is 1.61. The molecule has 3 aromatic carbocycles. The van der Waals surface area contributed by atoms with Crippen LogP contribution in [0.25, 0.3) is 0 Å². The zero-order valence-electron chi connectivity index (χ0n) is 14.1. The van der Waals surface area contributed by atoms with E-state index in [-0.39, 0.29) is 11.6 Å². The molecular formula is C21H17BrFNOS. The van der Waals surface area contributed by atoms with Crippen LogP contribution in [0, 0.1) is 12.7 Å². The van der Waals surface area contributed by atoms with E-state index in [4.69, 9.17) is 0 Å². The summed E-state index contributed by atoms with van der Waals surface area (Å²) in [5.74, 6) is 0.0227. The number of carbonyl (C=O) groups excluding carboxylic acids is 1. The molecule has 26 heavy (non-hydrogen) atoms. The Morgan fingerprint density at radius 2 is 1.73 bits per heavy atom. The summed E-state index contributed by atoms with van der Waals surface area (Å²) in [7, 11) is 0. The summed E-state index contributed by atoms with van der Waals surface area (Å²) < 4.78 is 14.5. The first-order valence-corrected chi connectivity index (χ1v) is 9.84. The number of aryl methyl sites for hydroxylation is 1. The monoisotopic (exact) mass is 429 g/mol. The highest BCUT2D eigenvalue weighted by molar-refractivity contribution is 9.10. The normalized spacial score (nSPS) is 10.6. The molecule has 0 saturated heterocycles. The molecule has 0 fully saturated rings. The molecule has 0 atom stereocenters. The Bertz CT molecular complexity index is 910. The van der Waals surface area contributed by atoms with E-state index in [0.29, 0.717) is 10.0 Å². The number of rotatable bonds is 5. The maximum atomic E-state index is 13.8. The van der Waals surface area contributed by atoms with Crippen molar-refractivity contribution in [2.24, 2.45) is 0 Å². The molecule has 3 aromatic rings. The van der Waals surface area contributed by atoms with E-state index in [1.165, 1.54) is 22.6 Å². The van der Waals surface area contributed by atoms with E-state index in [2.05, 4.69) is 52.4 Å². The molecule has 2 nitrogen and oxygen atoms in total. The first kappa shape index (κ1) is 18.7. The number of hydrogen-bond acceptors (Lipinski definition) is 2. The van der Waals surface area contributed by atoms with Gasteiger partial charge in [0.05, 0.1) is 5.69 Å². The Labute approximate surface area is 165 Å². The molecule has 0 aromatic heterocycles. The van der Waals surface area contributed by atoms with Crippen molar-refractivity contribution in [3.63, 3.8) is 0 Å². The number of hydrogen-bond donors (Lipinski definition) is 1. The topological polar surface area (TPSA) is 29.1 Å². The third-order valence-electron chi connectivity index (χ3n) is 3.82.